The molecule has 0 fully saturated rings. The van der Waals surface area contributed by atoms with Crippen molar-refractivity contribution in [2.24, 2.45) is 0 Å². The van der Waals surface area contributed by atoms with Gasteiger partial charge in [-0.05, 0) is 38.0 Å². The Bertz CT molecular complexity index is 1070. The summed E-state index contributed by atoms with van der Waals surface area (Å²) in [6.07, 6.45) is 0.908. The number of aromatic nitrogens is 1. The summed E-state index contributed by atoms with van der Waals surface area (Å²) >= 11 is 1.25. The molecule has 0 bridgehead atoms. The number of benzene rings is 2. The fourth-order valence-electron chi connectivity index (χ4n) is 3.21. The lowest BCUT2D eigenvalue weighted by atomic mass is 10.1. The number of rotatable bonds is 10. The van der Waals surface area contributed by atoms with Gasteiger partial charge in [0.15, 0.2) is 5.13 Å². The van der Waals surface area contributed by atoms with Crippen LogP contribution in [-0.4, -0.2) is 46.7 Å². The Balaban J connectivity index is 1.48. The van der Waals surface area contributed by atoms with Gasteiger partial charge in [0.2, 0.25) is 11.8 Å². The summed E-state index contributed by atoms with van der Waals surface area (Å²) in [7, 11) is 0. The quantitative estimate of drug-likeness (QED) is 0.480. The fourth-order valence-corrected chi connectivity index (χ4v) is 3.94. The van der Waals surface area contributed by atoms with Gasteiger partial charge in [0.1, 0.15) is 6.54 Å². The average molecular weight is 465 g/mol. The van der Waals surface area contributed by atoms with Crippen molar-refractivity contribution in [1.29, 1.82) is 0 Å². The van der Waals surface area contributed by atoms with Crippen LogP contribution in [0.25, 0.3) is 0 Å². The van der Waals surface area contributed by atoms with E-state index in [-0.39, 0.29) is 36.7 Å². The third-order valence-electron chi connectivity index (χ3n) is 4.94. The van der Waals surface area contributed by atoms with Crippen LogP contribution in [0.15, 0.2) is 66.0 Å². The van der Waals surface area contributed by atoms with Crippen LogP contribution in [0.2, 0.25) is 0 Å². The Labute approximate surface area is 197 Å². The van der Waals surface area contributed by atoms with E-state index in [0.29, 0.717) is 22.9 Å². The molecule has 0 saturated heterocycles. The molecule has 1 aromatic heterocycles. The highest BCUT2D eigenvalue weighted by Crippen LogP contribution is 2.16. The first kappa shape index (κ1) is 24.1. The highest BCUT2D eigenvalue weighted by molar-refractivity contribution is 7.13. The molecule has 1 heterocycles. The fraction of sp³-hybridized carbons (Fsp3) is 0.280. The van der Waals surface area contributed by atoms with Gasteiger partial charge in [-0.3, -0.25) is 14.4 Å². The van der Waals surface area contributed by atoms with Gasteiger partial charge in [0, 0.05) is 23.5 Å². The van der Waals surface area contributed by atoms with Crippen LogP contribution in [-0.2, 0) is 22.4 Å². The Kier molecular flexibility index (Phi) is 8.71. The number of nitrogens with one attached hydrogen (secondary N) is 2. The minimum atomic E-state index is -0.332. The van der Waals surface area contributed by atoms with E-state index < -0.39 is 0 Å². The summed E-state index contributed by atoms with van der Waals surface area (Å²) in [5, 5.41) is 7.78. The molecule has 0 saturated carbocycles. The van der Waals surface area contributed by atoms with E-state index in [2.05, 4.69) is 15.6 Å². The number of anilines is 1. The topological polar surface area (TPSA) is 91.4 Å². The first-order valence-electron chi connectivity index (χ1n) is 10.8. The molecule has 0 aliphatic rings. The lowest BCUT2D eigenvalue weighted by molar-refractivity contribution is -0.120. The summed E-state index contributed by atoms with van der Waals surface area (Å²) in [4.78, 5) is 43.4. The summed E-state index contributed by atoms with van der Waals surface area (Å²) in [5.74, 6) is -0.650. The van der Waals surface area contributed by atoms with Crippen molar-refractivity contribution >= 4 is 34.2 Å². The molecule has 0 aliphatic heterocycles. The predicted molar refractivity (Wildman–Crippen MR) is 130 cm³/mol. The molecule has 8 heteroatoms. The van der Waals surface area contributed by atoms with Crippen molar-refractivity contribution in [2.75, 3.05) is 18.4 Å². The molecule has 3 aromatic rings. The molecule has 3 rings (SSSR count). The zero-order chi connectivity index (χ0) is 23.6. The first-order valence-corrected chi connectivity index (χ1v) is 11.7. The van der Waals surface area contributed by atoms with Gasteiger partial charge in [-0.25, -0.2) is 4.98 Å². The Morgan fingerprint density at radius 2 is 1.64 bits per heavy atom. The molecular formula is C25H28N4O3S. The summed E-state index contributed by atoms with van der Waals surface area (Å²) in [6.45, 7) is 4.20. The Morgan fingerprint density at radius 3 is 2.30 bits per heavy atom. The highest BCUT2D eigenvalue weighted by Gasteiger charge is 2.22. The van der Waals surface area contributed by atoms with Crippen molar-refractivity contribution in [3.63, 3.8) is 0 Å². The minimum absolute atomic E-state index is 0.0831. The van der Waals surface area contributed by atoms with Gasteiger partial charge in [0.25, 0.3) is 5.91 Å². The molecule has 2 aromatic carbocycles. The molecular weight excluding hydrogens is 436 g/mol. The smallest absolute Gasteiger partial charge is 0.254 e. The van der Waals surface area contributed by atoms with Crippen LogP contribution >= 0.6 is 11.3 Å². The molecule has 0 radical (unpaired) electrons. The standard InChI is InChI=1S/C25H28N4O3S/c1-18(2)29(24(32)20-11-7-4-8-12-20)16-23(31)28-25-27-21(17-33-25)15-22(30)26-14-13-19-9-5-3-6-10-19/h3-12,17-18H,13-16H2,1-2H3,(H,26,30)(H,27,28,31). The van der Waals surface area contributed by atoms with E-state index in [1.807, 2.05) is 50.2 Å². The SMILES string of the molecule is CC(C)N(CC(=O)Nc1nc(CC(=O)NCCc2ccccc2)cs1)C(=O)c1ccccc1. The molecule has 3 amide bonds. The molecule has 33 heavy (non-hydrogen) atoms. The van der Waals surface area contributed by atoms with Crippen LogP contribution in [0.3, 0.4) is 0 Å². The Morgan fingerprint density at radius 1 is 0.970 bits per heavy atom. The van der Waals surface area contributed by atoms with Crippen LogP contribution in [0.1, 0.15) is 35.5 Å². The van der Waals surface area contributed by atoms with E-state index in [0.717, 1.165) is 12.0 Å². The number of amides is 3. The molecule has 0 unspecified atom stereocenters. The monoisotopic (exact) mass is 464 g/mol. The van der Waals surface area contributed by atoms with Gasteiger partial charge < -0.3 is 15.5 Å². The van der Waals surface area contributed by atoms with E-state index in [9.17, 15) is 14.4 Å². The molecule has 172 valence electrons. The number of thiazole rings is 1. The van der Waals surface area contributed by atoms with Gasteiger partial charge >= 0.3 is 0 Å². The lowest BCUT2D eigenvalue weighted by Crippen LogP contribution is -2.42. The van der Waals surface area contributed by atoms with Gasteiger partial charge in [-0.15, -0.1) is 11.3 Å². The second kappa shape index (κ2) is 11.9. The zero-order valence-corrected chi connectivity index (χ0v) is 19.6. The lowest BCUT2D eigenvalue weighted by Gasteiger charge is -2.26. The number of hydrogen-bond acceptors (Lipinski definition) is 5. The van der Waals surface area contributed by atoms with Crippen LogP contribution in [0.5, 0.6) is 0 Å². The normalized spacial score (nSPS) is 10.6. The van der Waals surface area contributed by atoms with E-state index in [4.69, 9.17) is 0 Å². The predicted octanol–water partition coefficient (Wildman–Crippen LogP) is 3.53. The number of hydrogen-bond donors (Lipinski definition) is 2. The summed E-state index contributed by atoms with van der Waals surface area (Å²) in [6, 6.07) is 18.7. The van der Waals surface area contributed by atoms with Crippen molar-refractivity contribution < 1.29 is 14.4 Å². The molecule has 0 spiro atoms. The molecule has 0 atom stereocenters. The van der Waals surface area contributed by atoms with Crippen LogP contribution in [0, 0.1) is 0 Å². The molecule has 2 N–H and O–H groups in total. The Hall–Kier alpha value is -3.52. The highest BCUT2D eigenvalue weighted by atomic mass is 32.1. The summed E-state index contributed by atoms with van der Waals surface area (Å²) < 4.78 is 0. The maximum atomic E-state index is 12.8. The largest absolute Gasteiger partial charge is 0.355 e. The van der Waals surface area contributed by atoms with E-state index in [1.54, 1.807) is 29.6 Å². The maximum Gasteiger partial charge on any atom is 0.254 e. The minimum Gasteiger partial charge on any atom is -0.355 e. The average Bonchev–Trinajstić information content (AvgIpc) is 3.24. The van der Waals surface area contributed by atoms with E-state index in [1.165, 1.54) is 16.2 Å². The second-order valence-corrected chi connectivity index (χ2v) is 8.71. The number of nitrogens with zero attached hydrogens (tertiary/aromatic N) is 2. The van der Waals surface area contributed by atoms with Gasteiger partial charge in [0.05, 0.1) is 12.1 Å². The molecule has 7 nitrogen and oxygen atoms in total. The first-order chi connectivity index (χ1) is 15.9. The van der Waals surface area contributed by atoms with Gasteiger partial charge in [-0.1, -0.05) is 48.5 Å². The van der Waals surface area contributed by atoms with Crippen molar-refractivity contribution in [2.45, 2.75) is 32.7 Å². The second-order valence-electron chi connectivity index (χ2n) is 7.85. The maximum absolute atomic E-state index is 12.8. The summed E-state index contributed by atoms with van der Waals surface area (Å²) in [5.41, 5.74) is 2.29. The number of carbonyl (C=O) groups excluding carboxylic acids is 3. The van der Waals surface area contributed by atoms with Crippen LogP contribution < -0.4 is 10.6 Å². The van der Waals surface area contributed by atoms with Crippen LogP contribution in [0.4, 0.5) is 5.13 Å². The zero-order valence-electron chi connectivity index (χ0n) is 18.8. The van der Waals surface area contributed by atoms with Crippen molar-refractivity contribution in [1.82, 2.24) is 15.2 Å². The van der Waals surface area contributed by atoms with E-state index >= 15 is 0 Å². The van der Waals surface area contributed by atoms with Crippen molar-refractivity contribution in [3.8, 4) is 0 Å². The van der Waals surface area contributed by atoms with Gasteiger partial charge in [-0.2, -0.15) is 0 Å². The van der Waals surface area contributed by atoms with Crippen molar-refractivity contribution in [3.05, 3.63) is 82.9 Å². The third kappa shape index (κ3) is 7.54. The number of carbonyl (C=O) groups is 3. The third-order valence-corrected chi connectivity index (χ3v) is 5.74. The molecule has 0 aliphatic carbocycles.